The number of likely N-dealkylation sites (N-methyl/N-ethyl adjacent to an activating group) is 1. The van der Waals surface area contributed by atoms with Crippen molar-refractivity contribution in [3.05, 3.63) is 35.9 Å². The first-order valence-corrected chi connectivity index (χ1v) is 6.81. The van der Waals surface area contributed by atoms with Crippen LogP contribution in [0.4, 0.5) is 0 Å². The predicted molar refractivity (Wildman–Crippen MR) is 74.5 cm³/mol. The van der Waals surface area contributed by atoms with Gasteiger partial charge < -0.3 is 5.11 Å². The van der Waals surface area contributed by atoms with Crippen molar-refractivity contribution in [3.63, 3.8) is 0 Å². The van der Waals surface area contributed by atoms with Gasteiger partial charge in [-0.05, 0) is 43.2 Å². The molecule has 2 atom stereocenters. The third kappa shape index (κ3) is 1.67. The molecule has 96 valence electrons. The van der Waals surface area contributed by atoms with E-state index in [0.717, 1.165) is 6.54 Å². The number of rotatable bonds is 1. The quantitative estimate of drug-likeness (QED) is 0.818. The van der Waals surface area contributed by atoms with Crippen molar-refractivity contribution in [2.24, 2.45) is 5.41 Å². The van der Waals surface area contributed by atoms with Crippen LogP contribution in [0.3, 0.4) is 0 Å². The van der Waals surface area contributed by atoms with Gasteiger partial charge >= 0.3 is 0 Å². The largest absolute Gasteiger partial charge is 0.508 e. The van der Waals surface area contributed by atoms with E-state index in [1.54, 1.807) is 6.07 Å². The van der Waals surface area contributed by atoms with Crippen molar-refractivity contribution in [1.82, 2.24) is 4.90 Å². The Balaban J connectivity index is 2.06. The van der Waals surface area contributed by atoms with Crippen LogP contribution >= 0.6 is 0 Å². The molecule has 1 saturated carbocycles. The predicted octanol–water partition coefficient (Wildman–Crippen LogP) is 3.28. The Morgan fingerprint density at radius 1 is 1.39 bits per heavy atom. The van der Waals surface area contributed by atoms with Gasteiger partial charge in [0.15, 0.2) is 0 Å². The lowest BCUT2D eigenvalue weighted by molar-refractivity contribution is 0.172. The number of phenols is 1. The highest BCUT2D eigenvalue weighted by molar-refractivity contribution is 5.73. The molecule has 0 saturated heterocycles. The zero-order chi connectivity index (χ0) is 12.8. The highest BCUT2D eigenvalue weighted by Gasteiger charge is 2.45. The molecule has 0 radical (unpaired) electrons. The fourth-order valence-corrected chi connectivity index (χ4v) is 3.89. The summed E-state index contributed by atoms with van der Waals surface area (Å²) < 4.78 is 0. The summed E-state index contributed by atoms with van der Waals surface area (Å²) in [6.45, 7) is 3.40. The number of phenolic OH excluding ortho intramolecular Hbond substituents is 1. The molecule has 0 amide bonds. The van der Waals surface area contributed by atoms with Crippen LogP contribution in [-0.4, -0.2) is 29.6 Å². The van der Waals surface area contributed by atoms with Crippen molar-refractivity contribution in [3.8, 4) is 5.75 Å². The van der Waals surface area contributed by atoms with Crippen LogP contribution < -0.4 is 0 Å². The number of benzene rings is 1. The standard InChI is InChI=1S/C16H21NO/c1-16-9-4-7-15(16)17(2)10-8-14(16)12-5-3-6-13(18)11-12/h3,5-6,8,11,15,18H,4,7,9-10H2,1-2H3. The number of fused-ring (bicyclic) bond motifs is 1. The average Bonchev–Trinajstić information content (AvgIpc) is 2.73. The van der Waals surface area contributed by atoms with Crippen LogP contribution in [0.15, 0.2) is 30.3 Å². The van der Waals surface area contributed by atoms with Crippen LogP contribution in [0.5, 0.6) is 5.75 Å². The minimum atomic E-state index is 0.251. The van der Waals surface area contributed by atoms with Gasteiger partial charge in [-0.25, -0.2) is 0 Å². The second-order valence-corrected chi connectivity index (χ2v) is 5.93. The van der Waals surface area contributed by atoms with Gasteiger partial charge in [-0.15, -0.1) is 0 Å². The summed E-state index contributed by atoms with van der Waals surface area (Å²) >= 11 is 0. The Morgan fingerprint density at radius 3 is 3.00 bits per heavy atom. The molecule has 0 bridgehead atoms. The van der Waals surface area contributed by atoms with E-state index >= 15 is 0 Å². The lowest BCUT2D eigenvalue weighted by Gasteiger charge is -2.43. The lowest BCUT2D eigenvalue weighted by atomic mass is 9.72. The normalized spacial score (nSPS) is 32.1. The van der Waals surface area contributed by atoms with Crippen LogP contribution in [0.1, 0.15) is 31.7 Å². The van der Waals surface area contributed by atoms with Crippen molar-refractivity contribution in [2.45, 2.75) is 32.2 Å². The highest BCUT2D eigenvalue weighted by Crippen LogP contribution is 2.52. The molecule has 1 aliphatic carbocycles. The van der Waals surface area contributed by atoms with Crippen molar-refractivity contribution in [2.75, 3.05) is 13.6 Å². The summed E-state index contributed by atoms with van der Waals surface area (Å²) in [5, 5.41) is 9.68. The third-order valence-electron chi connectivity index (χ3n) is 4.80. The van der Waals surface area contributed by atoms with Crippen LogP contribution in [0.25, 0.3) is 5.57 Å². The van der Waals surface area contributed by atoms with Crippen molar-refractivity contribution < 1.29 is 5.11 Å². The fourth-order valence-electron chi connectivity index (χ4n) is 3.89. The van der Waals surface area contributed by atoms with E-state index in [2.05, 4.69) is 31.0 Å². The molecule has 0 aromatic heterocycles. The van der Waals surface area contributed by atoms with E-state index in [1.165, 1.54) is 30.4 Å². The Kier molecular flexibility index (Phi) is 2.70. The Morgan fingerprint density at radius 2 is 2.22 bits per heavy atom. The Labute approximate surface area is 109 Å². The lowest BCUT2D eigenvalue weighted by Crippen LogP contribution is -2.45. The average molecular weight is 243 g/mol. The summed E-state index contributed by atoms with van der Waals surface area (Å²) in [6, 6.07) is 8.36. The minimum Gasteiger partial charge on any atom is -0.508 e. The maximum Gasteiger partial charge on any atom is 0.116 e. The molecule has 1 aromatic carbocycles. The van der Waals surface area contributed by atoms with Crippen LogP contribution in [0, 0.1) is 5.41 Å². The maximum atomic E-state index is 9.68. The SMILES string of the molecule is CN1CC=C(c2cccc(O)c2)C2(C)CCCC12. The monoisotopic (exact) mass is 243 g/mol. The van der Waals surface area contributed by atoms with Gasteiger partial charge in [-0.1, -0.05) is 31.6 Å². The number of hydrogen-bond donors (Lipinski definition) is 1. The molecule has 2 aliphatic rings. The number of hydrogen-bond acceptors (Lipinski definition) is 2. The van der Waals surface area contributed by atoms with E-state index < -0.39 is 0 Å². The smallest absolute Gasteiger partial charge is 0.116 e. The van der Waals surface area contributed by atoms with Gasteiger partial charge in [0.1, 0.15) is 5.75 Å². The maximum absolute atomic E-state index is 9.68. The van der Waals surface area contributed by atoms with Gasteiger partial charge in [0.05, 0.1) is 0 Å². The molecule has 1 aliphatic heterocycles. The molecule has 18 heavy (non-hydrogen) atoms. The number of nitrogens with zero attached hydrogens (tertiary/aromatic N) is 1. The first-order valence-electron chi connectivity index (χ1n) is 6.81. The van der Waals surface area contributed by atoms with Gasteiger partial charge in [-0.3, -0.25) is 4.90 Å². The Hall–Kier alpha value is -1.28. The van der Waals surface area contributed by atoms with E-state index in [4.69, 9.17) is 0 Å². The van der Waals surface area contributed by atoms with Gasteiger partial charge in [0.2, 0.25) is 0 Å². The second-order valence-electron chi connectivity index (χ2n) is 5.93. The molecule has 0 spiro atoms. The summed E-state index contributed by atoms with van der Waals surface area (Å²) in [5.41, 5.74) is 2.87. The van der Waals surface area contributed by atoms with E-state index in [-0.39, 0.29) is 5.41 Å². The molecule has 2 heteroatoms. The molecule has 2 nitrogen and oxygen atoms in total. The highest BCUT2D eigenvalue weighted by atomic mass is 16.3. The topological polar surface area (TPSA) is 23.5 Å². The van der Waals surface area contributed by atoms with Crippen LogP contribution in [0.2, 0.25) is 0 Å². The molecule has 2 unspecified atom stereocenters. The molecule has 1 heterocycles. The minimum absolute atomic E-state index is 0.251. The molecular formula is C16H21NO. The van der Waals surface area contributed by atoms with Crippen molar-refractivity contribution >= 4 is 5.57 Å². The van der Waals surface area contributed by atoms with Gasteiger partial charge in [0.25, 0.3) is 0 Å². The van der Waals surface area contributed by atoms with Crippen molar-refractivity contribution in [1.29, 1.82) is 0 Å². The molecular weight excluding hydrogens is 222 g/mol. The molecule has 3 rings (SSSR count). The zero-order valence-electron chi connectivity index (χ0n) is 11.2. The summed E-state index contributed by atoms with van der Waals surface area (Å²) in [6.07, 6.45) is 6.20. The Bertz CT molecular complexity index is 494. The molecule has 1 N–H and O–H groups in total. The summed E-state index contributed by atoms with van der Waals surface area (Å²) in [5.74, 6) is 0.366. The number of aromatic hydroxyl groups is 1. The van der Waals surface area contributed by atoms with Gasteiger partial charge in [0, 0.05) is 18.0 Å². The molecule has 1 fully saturated rings. The first kappa shape index (κ1) is 11.8. The fraction of sp³-hybridized carbons (Fsp3) is 0.500. The van der Waals surface area contributed by atoms with Gasteiger partial charge in [-0.2, -0.15) is 0 Å². The van der Waals surface area contributed by atoms with E-state index in [1.807, 2.05) is 12.1 Å². The second kappa shape index (κ2) is 4.13. The zero-order valence-corrected chi connectivity index (χ0v) is 11.2. The summed E-state index contributed by atoms with van der Waals surface area (Å²) in [7, 11) is 2.23. The molecule has 1 aromatic rings. The van der Waals surface area contributed by atoms with E-state index in [0.29, 0.717) is 11.8 Å². The van der Waals surface area contributed by atoms with Crippen LogP contribution in [-0.2, 0) is 0 Å². The third-order valence-corrected chi connectivity index (χ3v) is 4.80. The first-order chi connectivity index (χ1) is 8.61. The summed E-state index contributed by atoms with van der Waals surface area (Å²) in [4.78, 5) is 2.47. The van der Waals surface area contributed by atoms with E-state index in [9.17, 15) is 5.11 Å².